The van der Waals surface area contributed by atoms with Gasteiger partial charge in [-0.1, -0.05) is 13.8 Å². The molecule has 88 valence electrons. The van der Waals surface area contributed by atoms with Gasteiger partial charge in [-0.3, -0.25) is 4.79 Å². The van der Waals surface area contributed by atoms with E-state index >= 15 is 0 Å². The lowest BCUT2D eigenvalue weighted by atomic mass is 10.2. The van der Waals surface area contributed by atoms with Crippen LogP contribution in [-0.2, 0) is 0 Å². The van der Waals surface area contributed by atoms with Crippen molar-refractivity contribution in [2.75, 3.05) is 18.9 Å². The molecule has 0 saturated carbocycles. The topological polar surface area (TPSA) is 54.0 Å². The summed E-state index contributed by atoms with van der Waals surface area (Å²) in [5.74, 6) is 0.915. The number of anilines is 1. The molecule has 5 heteroatoms. The zero-order valence-corrected chi connectivity index (χ0v) is 11.3. The van der Waals surface area contributed by atoms with Gasteiger partial charge in [-0.25, -0.2) is 4.98 Å². The number of carbonyl (C=O) groups excluding carboxylic acids is 1. The molecule has 0 saturated heterocycles. The molecular weight excluding hydrogens is 270 g/mol. The average molecular weight is 286 g/mol. The van der Waals surface area contributed by atoms with E-state index in [9.17, 15) is 4.79 Å². The molecule has 16 heavy (non-hydrogen) atoms. The molecular formula is C11H16BrN3O. The Morgan fingerprint density at radius 3 is 2.81 bits per heavy atom. The van der Waals surface area contributed by atoms with E-state index in [2.05, 4.69) is 45.4 Å². The molecule has 0 fully saturated rings. The molecule has 0 aromatic carbocycles. The summed E-state index contributed by atoms with van der Waals surface area (Å²) in [6.07, 6.45) is 1.66. The molecule has 0 aliphatic heterocycles. The van der Waals surface area contributed by atoms with E-state index in [0.717, 1.165) is 4.47 Å². The van der Waals surface area contributed by atoms with E-state index in [4.69, 9.17) is 0 Å². The molecule has 0 radical (unpaired) electrons. The van der Waals surface area contributed by atoms with Crippen molar-refractivity contribution in [3.8, 4) is 0 Å². The Hall–Kier alpha value is -1.10. The molecule has 0 bridgehead atoms. The number of amides is 1. The Morgan fingerprint density at radius 1 is 1.56 bits per heavy atom. The smallest absolute Gasteiger partial charge is 0.255 e. The first kappa shape index (κ1) is 13.0. The molecule has 0 aliphatic carbocycles. The van der Waals surface area contributed by atoms with Crippen molar-refractivity contribution in [2.24, 2.45) is 5.92 Å². The van der Waals surface area contributed by atoms with Gasteiger partial charge < -0.3 is 10.6 Å². The quantitative estimate of drug-likeness (QED) is 0.892. The monoisotopic (exact) mass is 285 g/mol. The minimum absolute atomic E-state index is 0.105. The van der Waals surface area contributed by atoms with Crippen molar-refractivity contribution >= 4 is 27.7 Å². The standard InChI is InChI=1S/C11H16BrN3O/c1-7(2)5-15-11(16)9-4-8(12)6-14-10(9)13-3/h4,6-7H,5H2,1-3H3,(H,13,14)(H,15,16). The fraction of sp³-hybridized carbons (Fsp3) is 0.455. The van der Waals surface area contributed by atoms with Crippen LogP contribution >= 0.6 is 15.9 Å². The van der Waals surface area contributed by atoms with Crippen molar-refractivity contribution in [2.45, 2.75) is 13.8 Å². The highest BCUT2D eigenvalue weighted by Gasteiger charge is 2.12. The van der Waals surface area contributed by atoms with E-state index in [1.165, 1.54) is 0 Å². The molecule has 0 unspecified atom stereocenters. The van der Waals surface area contributed by atoms with Crippen LogP contribution in [0.2, 0.25) is 0 Å². The van der Waals surface area contributed by atoms with Crippen LogP contribution in [0.3, 0.4) is 0 Å². The fourth-order valence-corrected chi connectivity index (χ4v) is 1.53. The summed E-state index contributed by atoms with van der Waals surface area (Å²) < 4.78 is 0.793. The molecule has 1 amide bonds. The van der Waals surface area contributed by atoms with Crippen molar-refractivity contribution in [3.63, 3.8) is 0 Å². The third-order valence-corrected chi connectivity index (χ3v) is 2.44. The van der Waals surface area contributed by atoms with Gasteiger partial charge in [0.1, 0.15) is 5.82 Å². The summed E-state index contributed by atoms with van der Waals surface area (Å²) in [5.41, 5.74) is 0.553. The predicted octanol–water partition coefficient (Wildman–Crippen LogP) is 2.27. The van der Waals surface area contributed by atoms with Gasteiger partial charge in [0, 0.05) is 24.3 Å². The number of hydrogen-bond donors (Lipinski definition) is 2. The minimum atomic E-state index is -0.105. The average Bonchev–Trinajstić information content (AvgIpc) is 2.25. The number of halogens is 1. The van der Waals surface area contributed by atoms with Gasteiger partial charge in [0.05, 0.1) is 5.56 Å². The van der Waals surface area contributed by atoms with Gasteiger partial charge in [-0.15, -0.1) is 0 Å². The van der Waals surface area contributed by atoms with E-state index < -0.39 is 0 Å². The summed E-state index contributed by atoms with van der Waals surface area (Å²) in [5, 5.41) is 5.76. The number of aromatic nitrogens is 1. The highest BCUT2D eigenvalue weighted by Crippen LogP contribution is 2.17. The molecule has 1 heterocycles. The SMILES string of the molecule is CNc1ncc(Br)cc1C(=O)NCC(C)C. The van der Waals surface area contributed by atoms with Crippen LogP contribution in [0, 0.1) is 5.92 Å². The molecule has 2 N–H and O–H groups in total. The predicted molar refractivity (Wildman–Crippen MR) is 68.7 cm³/mol. The second kappa shape index (κ2) is 5.84. The highest BCUT2D eigenvalue weighted by molar-refractivity contribution is 9.10. The van der Waals surface area contributed by atoms with Crippen LogP contribution in [0.1, 0.15) is 24.2 Å². The molecule has 1 rings (SSSR count). The number of rotatable bonds is 4. The maximum Gasteiger partial charge on any atom is 0.255 e. The van der Waals surface area contributed by atoms with Gasteiger partial charge in [0.25, 0.3) is 5.91 Å². The van der Waals surface area contributed by atoms with Crippen LogP contribution in [-0.4, -0.2) is 24.5 Å². The van der Waals surface area contributed by atoms with Gasteiger partial charge in [0.2, 0.25) is 0 Å². The number of hydrogen-bond acceptors (Lipinski definition) is 3. The summed E-state index contributed by atoms with van der Waals surface area (Å²) in [6.45, 7) is 4.77. The first-order valence-corrected chi connectivity index (χ1v) is 5.95. The second-order valence-corrected chi connectivity index (χ2v) is 4.82. The van der Waals surface area contributed by atoms with Crippen molar-refractivity contribution in [3.05, 3.63) is 22.3 Å². The Labute approximate surface area is 104 Å². The molecule has 0 atom stereocenters. The molecule has 0 aliphatic rings. The summed E-state index contributed by atoms with van der Waals surface area (Å²) in [6, 6.07) is 1.76. The van der Waals surface area contributed by atoms with Crippen LogP contribution in [0.15, 0.2) is 16.7 Å². The van der Waals surface area contributed by atoms with Crippen molar-refractivity contribution in [1.29, 1.82) is 0 Å². The first-order valence-electron chi connectivity index (χ1n) is 5.16. The number of nitrogens with one attached hydrogen (secondary N) is 2. The van der Waals surface area contributed by atoms with Crippen LogP contribution < -0.4 is 10.6 Å². The first-order chi connectivity index (χ1) is 7.54. The normalized spacial score (nSPS) is 10.3. The van der Waals surface area contributed by atoms with E-state index in [1.807, 2.05) is 0 Å². The van der Waals surface area contributed by atoms with Crippen LogP contribution in [0.5, 0.6) is 0 Å². The third-order valence-electron chi connectivity index (χ3n) is 2.01. The summed E-state index contributed by atoms with van der Waals surface area (Å²) >= 11 is 3.30. The van der Waals surface area contributed by atoms with Crippen molar-refractivity contribution < 1.29 is 4.79 Å². The maximum atomic E-state index is 11.9. The molecule has 0 spiro atoms. The summed E-state index contributed by atoms with van der Waals surface area (Å²) in [7, 11) is 1.75. The van der Waals surface area contributed by atoms with Crippen molar-refractivity contribution in [1.82, 2.24) is 10.3 Å². The van der Waals surface area contributed by atoms with Gasteiger partial charge >= 0.3 is 0 Å². The third kappa shape index (κ3) is 3.48. The zero-order valence-electron chi connectivity index (χ0n) is 9.67. The molecule has 1 aromatic heterocycles. The summed E-state index contributed by atoms with van der Waals surface area (Å²) in [4.78, 5) is 16.0. The largest absolute Gasteiger partial charge is 0.372 e. The lowest BCUT2D eigenvalue weighted by molar-refractivity contribution is 0.0949. The van der Waals surface area contributed by atoms with Gasteiger partial charge in [-0.05, 0) is 27.9 Å². The number of carbonyl (C=O) groups is 1. The number of pyridine rings is 1. The Bertz CT molecular complexity index is 379. The highest BCUT2D eigenvalue weighted by atomic mass is 79.9. The van der Waals surface area contributed by atoms with Gasteiger partial charge in [0.15, 0.2) is 0 Å². The Morgan fingerprint density at radius 2 is 2.25 bits per heavy atom. The zero-order chi connectivity index (χ0) is 12.1. The Kier molecular flexibility index (Phi) is 4.73. The lowest BCUT2D eigenvalue weighted by Gasteiger charge is -2.10. The number of nitrogens with zero attached hydrogens (tertiary/aromatic N) is 1. The fourth-order valence-electron chi connectivity index (χ4n) is 1.20. The van der Waals surface area contributed by atoms with Crippen LogP contribution in [0.4, 0.5) is 5.82 Å². The van der Waals surface area contributed by atoms with E-state index in [1.54, 1.807) is 19.3 Å². The van der Waals surface area contributed by atoms with Crippen LogP contribution in [0.25, 0.3) is 0 Å². The Balaban J connectivity index is 2.84. The second-order valence-electron chi connectivity index (χ2n) is 3.90. The van der Waals surface area contributed by atoms with E-state index in [0.29, 0.717) is 23.8 Å². The molecule has 1 aromatic rings. The van der Waals surface area contributed by atoms with E-state index in [-0.39, 0.29) is 5.91 Å². The minimum Gasteiger partial charge on any atom is -0.372 e. The van der Waals surface area contributed by atoms with Gasteiger partial charge in [-0.2, -0.15) is 0 Å². The maximum absolute atomic E-state index is 11.9. The molecule has 4 nitrogen and oxygen atoms in total. The lowest BCUT2D eigenvalue weighted by Crippen LogP contribution is -2.28.